The molecule has 1 aliphatic heterocycles. The Morgan fingerprint density at radius 3 is 3.00 bits per heavy atom. The summed E-state index contributed by atoms with van der Waals surface area (Å²) in [4.78, 5) is 12.9. The van der Waals surface area contributed by atoms with Crippen LogP contribution >= 0.6 is 23.2 Å². The van der Waals surface area contributed by atoms with Crippen molar-refractivity contribution in [3.05, 3.63) is 33.8 Å². The van der Waals surface area contributed by atoms with E-state index in [-0.39, 0.29) is 0 Å². The highest BCUT2D eigenvalue weighted by Gasteiger charge is 2.26. The Hall–Kier alpha value is -0.810. The Kier molecular flexibility index (Phi) is 4.45. The van der Waals surface area contributed by atoms with Crippen LogP contribution in [0.25, 0.3) is 0 Å². The maximum absolute atomic E-state index is 10.9. The fourth-order valence-electron chi connectivity index (χ4n) is 1.90. The van der Waals surface area contributed by atoms with Crippen molar-refractivity contribution in [3.8, 4) is 0 Å². The second kappa shape index (κ2) is 5.89. The van der Waals surface area contributed by atoms with Gasteiger partial charge in [-0.1, -0.05) is 23.2 Å². The first-order valence-electron chi connectivity index (χ1n) is 5.57. The van der Waals surface area contributed by atoms with Crippen LogP contribution in [0.3, 0.4) is 0 Å². The van der Waals surface area contributed by atoms with Crippen LogP contribution in [0.1, 0.15) is 5.56 Å². The number of aliphatic carboxylic acids is 1. The number of benzene rings is 1. The van der Waals surface area contributed by atoms with Gasteiger partial charge in [0.1, 0.15) is 0 Å². The highest BCUT2D eigenvalue weighted by atomic mass is 35.5. The van der Waals surface area contributed by atoms with Gasteiger partial charge in [-0.25, -0.2) is 4.79 Å². The molecular weight excluding hydrogens is 277 g/mol. The van der Waals surface area contributed by atoms with Crippen molar-refractivity contribution < 1.29 is 14.6 Å². The second-order valence-electron chi connectivity index (χ2n) is 4.17. The van der Waals surface area contributed by atoms with Gasteiger partial charge in [0.05, 0.1) is 6.61 Å². The Bertz CT molecular complexity index is 453. The molecule has 0 radical (unpaired) electrons. The minimum absolute atomic E-state index is 0.359. The number of carbonyl (C=O) groups is 1. The Balaban J connectivity index is 2.04. The van der Waals surface area contributed by atoms with E-state index in [1.165, 1.54) is 0 Å². The molecule has 4 nitrogen and oxygen atoms in total. The summed E-state index contributed by atoms with van der Waals surface area (Å²) in [5.74, 6) is -0.933. The van der Waals surface area contributed by atoms with Gasteiger partial charge in [-0.05, 0) is 23.8 Å². The fourth-order valence-corrected chi connectivity index (χ4v) is 2.27. The van der Waals surface area contributed by atoms with Gasteiger partial charge in [0.2, 0.25) is 0 Å². The standard InChI is InChI=1S/C12H13Cl2NO3/c13-9-1-2-10(14)8(5-9)6-15-3-4-18-11(7-15)12(16)17/h1-2,5,11H,3-4,6-7H2,(H,16,17). The summed E-state index contributed by atoms with van der Waals surface area (Å²) < 4.78 is 5.16. The molecule has 18 heavy (non-hydrogen) atoms. The van der Waals surface area contributed by atoms with Crippen molar-refractivity contribution in [2.75, 3.05) is 19.7 Å². The Labute approximate surface area is 115 Å². The number of halogens is 2. The lowest BCUT2D eigenvalue weighted by atomic mass is 10.2. The zero-order valence-electron chi connectivity index (χ0n) is 9.60. The molecule has 0 spiro atoms. The zero-order valence-corrected chi connectivity index (χ0v) is 11.1. The number of rotatable bonds is 3. The van der Waals surface area contributed by atoms with Crippen LogP contribution in [0, 0.1) is 0 Å². The lowest BCUT2D eigenvalue weighted by Gasteiger charge is -2.31. The van der Waals surface area contributed by atoms with Gasteiger partial charge in [0.25, 0.3) is 0 Å². The van der Waals surface area contributed by atoms with E-state index in [0.29, 0.717) is 36.3 Å². The molecule has 0 amide bonds. The van der Waals surface area contributed by atoms with Gasteiger partial charge in [0, 0.05) is 29.7 Å². The maximum Gasteiger partial charge on any atom is 0.334 e. The van der Waals surface area contributed by atoms with Crippen molar-refractivity contribution in [1.82, 2.24) is 4.90 Å². The smallest absolute Gasteiger partial charge is 0.334 e. The lowest BCUT2D eigenvalue weighted by Crippen LogP contribution is -2.45. The first-order valence-corrected chi connectivity index (χ1v) is 6.32. The van der Waals surface area contributed by atoms with Crippen LogP contribution in [-0.2, 0) is 16.1 Å². The predicted octanol–water partition coefficient (Wildman–Crippen LogP) is 2.28. The fraction of sp³-hybridized carbons (Fsp3) is 0.417. The molecule has 2 rings (SSSR count). The summed E-state index contributed by atoms with van der Waals surface area (Å²) in [6.07, 6.45) is -0.767. The average Bonchev–Trinajstić information content (AvgIpc) is 2.34. The summed E-state index contributed by atoms with van der Waals surface area (Å²) in [7, 11) is 0. The van der Waals surface area contributed by atoms with E-state index < -0.39 is 12.1 Å². The summed E-state index contributed by atoms with van der Waals surface area (Å²) in [6, 6.07) is 5.27. The van der Waals surface area contributed by atoms with Crippen molar-refractivity contribution in [2.45, 2.75) is 12.6 Å². The number of carboxylic acids is 1. The summed E-state index contributed by atoms with van der Waals surface area (Å²) in [6.45, 7) is 2.03. The van der Waals surface area contributed by atoms with Gasteiger partial charge in [-0.3, -0.25) is 4.90 Å². The SMILES string of the molecule is O=C(O)C1CN(Cc2cc(Cl)ccc2Cl)CCO1. The van der Waals surface area contributed by atoms with E-state index >= 15 is 0 Å². The molecule has 1 aromatic rings. The summed E-state index contributed by atoms with van der Waals surface area (Å²) in [5, 5.41) is 10.2. The van der Waals surface area contributed by atoms with Crippen molar-refractivity contribution >= 4 is 29.2 Å². The Morgan fingerprint density at radius 2 is 2.28 bits per heavy atom. The minimum atomic E-state index is -0.933. The number of ether oxygens (including phenoxy) is 1. The molecule has 98 valence electrons. The monoisotopic (exact) mass is 289 g/mol. The van der Waals surface area contributed by atoms with E-state index in [2.05, 4.69) is 0 Å². The lowest BCUT2D eigenvalue weighted by molar-refractivity contribution is -0.156. The number of hydrogen-bond donors (Lipinski definition) is 1. The average molecular weight is 290 g/mol. The summed E-state index contributed by atoms with van der Waals surface area (Å²) in [5.41, 5.74) is 0.898. The Morgan fingerprint density at radius 1 is 1.50 bits per heavy atom. The first kappa shape index (κ1) is 13.6. The molecule has 1 N–H and O–H groups in total. The van der Waals surface area contributed by atoms with Gasteiger partial charge < -0.3 is 9.84 Å². The number of carboxylic acid groups (broad SMARTS) is 1. The molecule has 1 aromatic carbocycles. The summed E-state index contributed by atoms with van der Waals surface area (Å²) >= 11 is 12.0. The van der Waals surface area contributed by atoms with Gasteiger partial charge in [-0.2, -0.15) is 0 Å². The quantitative estimate of drug-likeness (QED) is 0.928. The van der Waals surface area contributed by atoms with Crippen LogP contribution in [0.5, 0.6) is 0 Å². The molecule has 1 saturated heterocycles. The number of hydrogen-bond acceptors (Lipinski definition) is 3. The van der Waals surface area contributed by atoms with Gasteiger partial charge >= 0.3 is 5.97 Å². The topological polar surface area (TPSA) is 49.8 Å². The number of nitrogens with zero attached hydrogens (tertiary/aromatic N) is 1. The van der Waals surface area contributed by atoms with Crippen molar-refractivity contribution in [2.24, 2.45) is 0 Å². The highest BCUT2D eigenvalue weighted by molar-refractivity contribution is 6.33. The maximum atomic E-state index is 10.9. The van der Waals surface area contributed by atoms with E-state index in [1.807, 2.05) is 4.90 Å². The van der Waals surface area contributed by atoms with E-state index in [0.717, 1.165) is 5.56 Å². The van der Waals surface area contributed by atoms with Crippen LogP contribution in [0.15, 0.2) is 18.2 Å². The van der Waals surface area contributed by atoms with Gasteiger partial charge in [0.15, 0.2) is 6.10 Å². The van der Waals surface area contributed by atoms with Crippen LogP contribution in [-0.4, -0.2) is 41.8 Å². The molecule has 1 atom stereocenters. The molecule has 6 heteroatoms. The normalized spacial score (nSPS) is 20.9. The number of morpholine rings is 1. The molecule has 0 bridgehead atoms. The molecule has 1 aliphatic rings. The minimum Gasteiger partial charge on any atom is -0.479 e. The third-order valence-corrected chi connectivity index (χ3v) is 3.43. The second-order valence-corrected chi connectivity index (χ2v) is 5.01. The zero-order chi connectivity index (χ0) is 13.1. The van der Waals surface area contributed by atoms with Crippen molar-refractivity contribution in [1.29, 1.82) is 0 Å². The largest absolute Gasteiger partial charge is 0.479 e. The third-order valence-electron chi connectivity index (χ3n) is 2.83. The molecule has 1 unspecified atom stereocenters. The van der Waals surface area contributed by atoms with Crippen LogP contribution in [0.4, 0.5) is 0 Å². The molecule has 0 aromatic heterocycles. The molecule has 1 fully saturated rings. The van der Waals surface area contributed by atoms with E-state index in [9.17, 15) is 4.79 Å². The predicted molar refractivity (Wildman–Crippen MR) is 69.1 cm³/mol. The molecule has 1 heterocycles. The van der Waals surface area contributed by atoms with E-state index in [4.69, 9.17) is 33.0 Å². The van der Waals surface area contributed by atoms with Crippen LogP contribution < -0.4 is 0 Å². The first-order chi connectivity index (χ1) is 8.56. The highest BCUT2D eigenvalue weighted by Crippen LogP contribution is 2.22. The molecule has 0 saturated carbocycles. The van der Waals surface area contributed by atoms with E-state index in [1.54, 1.807) is 18.2 Å². The van der Waals surface area contributed by atoms with Crippen LogP contribution in [0.2, 0.25) is 10.0 Å². The molecular formula is C12H13Cl2NO3. The van der Waals surface area contributed by atoms with Gasteiger partial charge in [-0.15, -0.1) is 0 Å². The molecule has 0 aliphatic carbocycles. The van der Waals surface area contributed by atoms with Crippen molar-refractivity contribution in [3.63, 3.8) is 0 Å². The third kappa shape index (κ3) is 3.36.